The predicted octanol–water partition coefficient (Wildman–Crippen LogP) is 1.99. The van der Waals surface area contributed by atoms with E-state index in [4.69, 9.17) is 4.74 Å². The number of hydrogen-bond acceptors (Lipinski definition) is 3. The fourth-order valence-electron chi connectivity index (χ4n) is 2.63. The molecule has 0 amide bonds. The van der Waals surface area contributed by atoms with E-state index < -0.39 is 11.5 Å². The first-order valence-electron chi connectivity index (χ1n) is 6.37. The van der Waals surface area contributed by atoms with Crippen LogP contribution in [0.15, 0.2) is 0 Å². The minimum absolute atomic E-state index is 0.227. The molecule has 0 saturated heterocycles. The van der Waals surface area contributed by atoms with Gasteiger partial charge in [0.15, 0.2) is 0 Å². The summed E-state index contributed by atoms with van der Waals surface area (Å²) >= 11 is 0. The summed E-state index contributed by atoms with van der Waals surface area (Å²) in [4.78, 5) is 13.4. The molecule has 0 aromatic heterocycles. The SMILES string of the molecule is COCC(C)(C(=O)O)N(C)C1CCC(C)CC1. The first-order valence-corrected chi connectivity index (χ1v) is 6.37. The fourth-order valence-corrected chi connectivity index (χ4v) is 2.63. The number of carboxylic acid groups (broad SMARTS) is 1. The van der Waals surface area contributed by atoms with Crippen LogP contribution in [0, 0.1) is 5.92 Å². The summed E-state index contributed by atoms with van der Waals surface area (Å²) in [6.45, 7) is 4.24. The molecule has 1 unspecified atom stereocenters. The van der Waals surface area contributed by atoms with E-state index in [0.717, 1.165) is 18.8 Å². The van der Waals surface area contributed by atoms with Crippen molar-refractivity contribution < 1.29 is 14.6 Å². The van der Waals surface area contributed by atoms with Gasteiger partial charge in [-0.3, -0.25) is 9.69 Å². The second-order valence-corrected chi connectivity index (χ2v) is 5.54. The summed E-state index contributed by atoms with van der Waals surface area (Å²) in [6, 6.07) is 0.363. The van der Waals surface area contributed by atoms with Gasteiger partial charge < -0.3 is 9.84 Å². The molecule has 1 N–H and O–H groups in total. The number of aliphatic carboxylic acids is 1. The molecule has 4 heteroatoms. The third-order valence-electron chi connectivity index (χ3n) is 4.20. The van der Waals surface area contributed by atoms with Gasteiger partial charge in [-0.2, -0.15) is 0 Å². The van der Waals surface area contributed by atoms with Crippen LogP contribution in [0.25, 0.3) is 0 Å². The Hall–Kier alpha value is -0.610. The molecule has 17 heavy (non-hydrogen) atoms. The third-order valence-corrected chi connectivity index (χ3v) is 4.20. The summed E-state index contributed by atoms with van der Waals surface area (Å²) in [6.07, 6.45) is 4.56. The number of hydrogen-bond donors (Lipinski definition) is 1. The van der Waals surface area contributed by atoms with Crippen LogP contribution in [0.5, 0.6) is 0 Å². The Balaban J connectivity index is 2.71. The van der Waals surface area contributed by atoms with Crippen LogP contribution in [-0.2, 0) is 9.53 Å². The zero-order chi connectivity index (χ0) is 13.1. The highest BCUT2D eigenvalue weighted by Crippen LogP contribution is 2.30. The Morgan fingerprint density at radius 3 is 2.35 bits per heavy atom. The van der Waals surface area contributed by atoms with Crippen LogP contribution in [0.4, 0.5) is 0 Å². The number of carboxylic acids is 1. The molecule has 1 rings (SSSR count). The Kier molecular flexibility index (Phi) is 4.95. The maximum absolute atomic E-state index is 11.4. The largest absolute Gasteiger partial charge is 0.480 e. The Morgan fingerprint density at radius 1 is 1.41 bits per heavy atom. The van der Waals surface area contributed by atoms with Gasteiger partial charge in [-0.1, -0.05) is 6.92 Å². The number of methoxy groups -OCH3 is 1. The van der Waals surface area contributed by atoms with Gasteiger partial charge >= 0.3 is 5.97 Å². The summed E-state index contributed by atoms with van der Waals surface area (Å²) in [5, 5.41) is 9.40. The predicted molar refractivity (Wildman–Crippen MR) is 67.1 cm³/mol. The molecule has 0 heterocycles. The third kappa shape index (κ3) is 3.19. The van der Waals surface area contributed by atoms with Crippen LogP contribution in [-0.4, -0.2) is 48.3 Å². The summed E-state index contributed by atoms with van der Waals surface area (Å²) in [7, 11) is 3.46. The van der Waals surface area contributed by atoms with E-state index in [9.17, 15) is 9.90 Å². The Labute approximate surface area is 104 Å². The average Bonchev–Trinajstić information content (AvgIpc) is 2.29. The summed E-state index contributed by atoms with van der Waals surface area (Å²) in [5.74, 6) is -0.0290. The zero-order valence-electron chi connectivity index (χ0n) is 11.4. The molecule has 1 aliphatic carbocycles. The van der Waals surface area contributed by atoms with Gasteiger partial charge in [0.25, 0.3) is 0 Å². The van der Waals surface area contributed by atoms with E-state index in [1.54, 1.807) is 14.0 Å². The van der Waals surface area contributed by atoms with Crippen molar-refractivity contribution in [1.29, 1.82) is 0 Å². The molecule has 0 bridgehead atoms. The number of rotatable bonds is 5. The van der Waals surface area contributed by atoms with Gasteiger partial charge in [0.1, 0.15) is 5.54 Å². The van der Waals surface area contributed by atoms with Gasteiger partial charge in [0.2, 0.25) is 0 Å². The second-order valence-electron chi connectivity index (χ2n) is 5.54. The normalized spacial score (nSPS) is 29.0. The average molecular weight is 243 g/mol. The van der Waals surface area contributed by atoms with Crippen LogP contribution in [0.2, 0.25) is 0 Å². The van der Waals surface area contributed by atoms with Gasteiger partial charge in [-0.05, 0) is 45.6 Å². The number of nitrogens with zero attached hydrogens (tertiary/aromatic N) is 1. The molecule has 0 aromatic carbocycles. The highest BCUT2D eigenvalue weighted by atomic mass is 16.5. The van der Waals surface area contributed by atoms with Crippen LogP contribution < -0.4 is 0 Å². The molecule has 4 nitrogen and oxygen atoms in total. The van der Waals surface area contributed by atoms with Gasteiger partial charge in [-0.15, -0.1) is 0 Å². The Morgan fingerprint density at radius 2 is 1.94 bits per heavy atom. The minimum Gasteiger partial charge on any atom is -0.480 e. The molecular weight excluding hydrogens is 218 g/mol. The second kappa shape index (κ2) is 5.83. The van der Waals surface area contributed by atoms with Crippen molar-refractivity contribution in [3.8, 4) is 0 Å². The smallest absolute Gasteiger partial charge is 0.326 e. The van der Waals surface area contributed by atoms with Crippen LogP contribution in [0.1, 0.15) is 39.5 Å². The van der Waals surface area contributed by atoms with Crippen molar-refractivity contribution in [1.82, 2.24) is 4.90 Å². The lowest BCUT2D eigenvalue weighted by atomic mass is 9.84. The maximum Gasteiger partial charge on any atom is 0.326 e. The topological polar surface area (TPSA) is 49.8 Å². The molecule has 0 aromatic rings. The van der Waals surface area contributed by atoms with E-state index in [2.05, 4.69) is 6.92 Å². The first-order chi connectivity index (χ1) is 7.91. The minimum atomic E-state index is -0.917. The standard InChI is InChI=1S/C13H25NO3/c1-10-5-7-11(8-6-10)14(3)13(2,9-17-4)12(15)16/h10-11H,5-9H2,1-4H3,(H,15,16). The quantitative estimate of drug-likeness (QED) is 0.802. The highest BCUT2D eigenvalue weighted by molar-refractivity contribution is 5.78. The van der Waals surface area contributed by atoms with E-state index in [-0.39, 0.29) is 6.61 Å². The van der Waals surface area contributed by atoms with Gasteiger partial charge in [0.05, 0.1) is 6.61 Å². The summed E-state index contributed by atoms with van der Waals surface area (Å²) in [5.41, 5.74) is -0.917. The summed E-state index contributed by atoms with van der Waals surface area (Å²) < 4.78 is 5.08. The molecule has 100 valence electrons. The lowest BCUT2D eigenvalue weighted by Crippen LogP contribution is -2.58. The molecule has 0 aliphatic heterocycles. The van der Waals surface area contributed by atoms with Crippen LogP contribution >= 0.6 is 0 Å². The van der Waals surface area contributed by atoms with E-state index in [1.807, 2.05) is 11.9 Å². The van der Waals surface area contributed by atoms with Gasteiger partial charge in [-0.25, -0.2) is 0 Å². The number of carbonyl (C=O) groups is 1. The Bertz CT molecular complexity index is 261. The molecular formula is C13H25NO3. The highest BCUT2D eigenvalue weighted by Gasteiger charge is 2.41. The first kappa shape index (κ1) is 14.5. The zero-order valence-corrected chi connectivity index (χ0v) is 11.4. The van der Waals surface area contributed by atoms with Crippen molar-refractivity contribution in [2.24, 2.45) is 5.92 Å². The molecule has 1 aliphatic rings. The fraction of sp³-hybridized carbons (Fsp3) is 0.923. The molecule has 0 spiro atoms. The van der Waals surface area contributed by atoms with E-state index >= 15 is 0 Å². The van der Waals surface area contributed by atoms with E-state index in [0.29, 0.717) is 6.04 Å². The van der Waals surface area contributed by atoms with Gasteiger partial charge in [0, 0.05) is 13.2 Å². The number of ether oxygens (including phenoxy) is 1. The number of likely N-dealkylation sites (N-methyl/N-ethyl adjacent to an activating group) is 1. The monoisotopic (exact) mass is 243 g/mol. The van der Waals surface area contributed by atoms with Crippen molar-refractivity contribution in [3.05, 3.63) is 0 Å². The molecule has 1 saturated carbocycles. The van der Waals surface area contributed by atoms with Crippen molar-refractivity contribution in [2.45, 2.75) is 51.1 Å². The maximum atomic E-state index is 11.4. The van der Waals surface area contributed by atoms with E-state index in [1.165, 1.54) is 12.8 Å². The van der Waals surface area contributed by atoms with Crippen molar-refractivity contribution in [2.75, 3.05) is 20.8 Å². The van der Waals surface area contributed by atoms with Crippen molar-refractivity contribution in [3.63, 3.8) is 0 Å². The lowest BCUT2D eigenvalue weighted by Gasteiger charge is -2.42. The lowest BCUT2D eigenvalue weighted by molar-refractivity contribution is -0.155. The molecule has 0 radical (unpaired) electrons. The molecule has 1 fully saturated rings. The van der Waals surface area contributed by atoms with Crippen LogP contribution in [0.3, 0.4) is 0 Å². The van der Waals surface area contributed by atoms with Crippen molar-refractivity contribution >= 4 is 5.97 Å². The molecule has 1 atom stereocenters.